The van der Waals surface area contributed by atoms with E-state index < -0.39 is 17.8 Å². The first-order chi connectivity index (χ1) is 11.6. The highest BCUT2D eigenvalue weighted by atomic mass is 19.1. The second-order valence-corrected chi connectivity index (χ2v) is 6.73. The number of alkyl carbamates (subject to hydrolysis) is 1. The average Bonchev–Trinajstić information content (AvgIpc) is 2.60. The molecule has 0 saturated carbocycles. The van der Waals surface area contributed by atoms with Gasteiger partial charge < -0.3 is 9.64 Å². The van der Waals surface area contributed by atoms with Gasteiger partial charge in [0.05, 0.1) is 19.1 Å². The molecule has 0 spiro atoms. The summed E-state index contributed by atoms with van der Waals surface area (Å²) >= 11 is 0. The molecule has 3 rings (SSSR count). The smallest absolute Gasteiger partial charge is 0.414 e. The lowest BCUT2D eigenvalue weighted by Gasteiger charge is -2.40. The third kappa shape index (κ3) is 4.12. The normalized spacial score (nSPS) is 26.3. The maximum atomic E-state index is 13.1. The van der Waals surface area contributed by atoms with Crippen LogP contribution in [0.2, 0.25) is 0 Å². The summed E-state index contributed by atoms with van der Waals surface area (Å²) in [6.07, 6.45) is 5.18. The number of piperidine rings is 2. The SMILES string of the molecule is O=C(NC(=O)c1cccc(F)c1)OC[C@@H]1CCC[NH+]2CCCC[C@H]12. The van der Waals surface area contributed by atoms with Gasteiger partial charge in [-0.15, -0.1) is 0 Å². The number of imide groups is 1. The minimum absolute atomic E-state index is 0.104. The molecule has 2 fully saturated rings. The first-order valence-corrected chi connectivity index (χ1v) is 8.72. The maximum absolute atomic E-state index is 13.1. The van der Waals surface area contributed by atoms with Gasteiger partial charge in [0.15, 0.2) is 0 Å². The molecule has 2 N–H and O–H groups in total. The quantitative estimate of drug-likeness (QED) is 0.881. The molecule has 6 heteroatoms. The van der Waals surface area contributed by atoms with Crippen molar-refractivity contribution in [2.75, 3.05) is 19.7 Å². The van der Waals surface area contributed by atoms with Crippen molar-refractivity contribution >= 4 is 12.0 Å². The number of ether oxygens (including phenoxy) is 1. The number of benzene rings is 1. The molecule has 1 aromatic rings. The Morgan fingerprint density at radius 1 is 1.21 bits per heavy atom. The summed E-state index contributed by atoms with van der Waals surface area (Å²) in [5, 5.41) is 2.16. The number of halogens is 1. The predicted molar refractivity (Wildman–Crippen MR) is 86.3 cm³/mol. The number of amides is 2. The van der Waals surface area contributed by atoms with Crippen LogP contribution < -0.4 is 10.2 Å². The Balaban J connectivity index is 1.49. The van der Waals surface area contributed by atoms with Crippen molar-refractivity contribution in [3.63, 3.8) is 0 Å². The highest BCUT2D eigenvalue weighted by Gasteiger charge is 2.37. The van der Waals surface area contributed by atoms with Gasteiger partial charge in [0.1, 0.15) is 12.4 Å². The van der Waals surface area contributed by atoms with E-state index in [1.165, 1.54) is 50.6 Å². The summed E-state index contributed by atoms with van der Waals surface area (Å²) in [7, 11) is 0. The Morgan fingerprint density at radius 2 is 2.04 bits per heavy atom. The van der Waals surface area contributed by atoms with Gasteiger partial charge in [-0.25, -0.2) is 9.18 Å². The Labute approximate surface area is 141 Å². The second kappa shape index (κ2) is 7.75. The molecule has 0 aliphatic carbocycles. The molecule has 3 atom stereocenters. The number of rotatable bonds is 3. The zero-order valence-electron chi connectivity index (χ0n) is 13.7. The predicted octanol–water partition coefficient (Wildman–Crippen LogP) is 1.54. The summed E-state index contributed by atoms with van der Waals surface area (Å²) in [6.45, 7) is 2.77. The van der Waals surface area contributed by atoms with Crippen LogP contribution >= 0.6 is 0 Å². The van der Waals surface area contributed by atoms with Gasteiger partial charge in [0, 0.05) is 11.5 Å². The van der Waals surface area contributed by atoms with Gasteiger partial charge in [-0.2, -0.15) is 0 Å². The summed E-state index contributed by atoms with van der Waals surface area (Å²) in [5.74, 6) is -0.796. The summed E-state index contributed by atoms with van der Waals surface area (Å²) in [4.78, 5) is 25.4. The molecule has 2 amide bonds. The Kier molecular flexibility index (Phi) is 5.45. The topological polar surface area (TPSA) is 59.8 Å². The minimum Gasteiger partial charge on any atom is -0.449 e. The fraction of sp³-hybridized carbons (Fsp3) is 0.556. The average molecular weight is 335 g/mol. The number of nitrogens with one attached hydrogen (secondary N) is 2. The molecule has 2 saturated heterocycles. The van der Waals surface area contributed by atoms with E-state index in [0.29, 0.717) is 18.6 Å². The Morgan fingerprint density at radius 3 is 2.88 bits per heavy atom. The second-order valence-electron chi connectivity index (χ2n) is 6.73. The van der Waals surface area contributed by atoms with Crippen LogP contribution in [0.25, 0.3) is 0 Å². The van der Waals surface area contributed by atoms with E-state index in [1.54, 1.807) is 4.90 Å². The van der Waals surface area contributed by atoms with Gasteiger partial charge in [-0.05, 0) is 50.3 Å². The fourth-order valence-corrected chi connectivity index (χ4v) is 3.99. The van der Waals surface area contributed by atoms with Gasteiger partial charge in [-0.3, -0.25) is 10.1 Å². The third-order valence-electron chi connectivity index (χ3n) is 5.16. The molecule has 24 heavy (non-hydrogen) atoms. The number of carbonyl (C=O) groups is 2. The molecular weight excluding hydrogens is 311 g/mol. The zero-order valence-corrected chi connectivity index (χ0v) is 13.7. The van der Waals surface area contributed by atoms with Crippen LogP contribution in [0.5, 0.6) is 0 Å². The monoisotopic (exact) mass is 335 g/mol. The molecule has 0 radical (unpaired) electrons. The van der Waals surface area contributed by atoms with Crippen LogP contribution in [0.15, 0.2) is 24.3 Å². The van der Waals surface area contributed by atoms with Crippen molar-refractivity contribution < 1.29 is 23.6 Å². The van der Waals surface area contributed by atoms with Crippen molar-refractivity contribution in [1.82, 2.24) is 5.32 Å². The van der Waals surface area contributed by atoms with Crippen molar-refractivity contribution in [2.45, 2.75) is 38.1 Å². The van der Waals surface area contributed by atoms with Crippen LogP contribution in [0.1, 0.15) is 42.5 Å². The molecule has 1 unspecified atom stereocenters. The van der Waals surface area contributed by atoms with E-state index in [4.69, 9.17) is 4.74 Å². The molecule has 2 aliphatic heterocycles. The van der Waals surface area contributed by atoms with E-state index in [-0.39, 0.29) is 5.56 Å². The lowest BCUT2D eigenvalue weighted by molar-refractivity contribution is -0.940. The summed E-state index contributed by atoms with van der Waals surface area (Å²) in [6, 6.07) is 5.79. The van der Waals surface area contributed by atoms with Gasteiger partial charge in [-0.1, -0.05) is 6.07 Å². The molecular formula is C18H24FN2O3+. The van der Waals surface area contributed by atoms with Crippen molar-refractivity contribution in [3.8, 4) is 0 Å². The summed E-state index contributed by atoms with van der Waals surface area (Å²) in [5.41, 5.74) is 0.104. The number of hydrogen-bond acceptors (Lipinski definition) is 3. The van der Waals surface area contributed by atoms with E-state index >= 15 is 0 Å². The summed E-state index contributed by atoms with van der Waals surface area (Å²) < 4.78 is 18.4. The lowest BCUT2D eigenvalue weighted by atomic mass is 9.84. The van der Waals surface area contributed by atoms with E-state index in [1.807, 2.05) is 0 Å². The van der Waals surface area contributed by atoms with E-state index in [0.717, 1.165) is 18.9 Å². The van der Waals surface area contributed by atoms with Gasteiger partial charge in [0.25, 0.3) is 5.91 Å². The Hall–Kier alpha value is -1.95. The van der Waals surface area contributed by atoms with Gasteiger partial charge in [0.2, 0.25) is 0 Å². The number of fused-ring (bicyclic) bond motifs is 1. The van der Waals surface area contributed by atoms with E-state index in [9.17, 15) is 14.0 Å². The highest BCUT2D eigenvalue weighted by molar-refractivity contribution is 6.02. The zero-order chi connectivity index (χ0) is 16.9. The van der Waals surface area contributed by atoms with Crippen LogP contribution in [-0.4, -0.2) is 37.7 Å². The standard InChI is InChI=1S/C18H23FN2O3/c19-15-7-3-5-13(11-15)17(22)20-18(23)24-12-14-6-4-10-21-9-2-1-8-16(14)21/h3,5,7,11,14,16H,1-2,4,6,8-10,12H2,(H,20,22,23)/p+1/t14-,16+/m0/s1. The molecule has 5 nitrogen and oxygen atoms in total. The van der Waals surface area contributed by atoms with Crippen LogP contribution in [0, 0.1) is 11.7 Å². The highest BCUT2D eigenvalue weighted by Crippen LogP contribution is 2.20. The first-order valence-electron chi connectivity index (χ1n) is 8.72. The van der Waals surface area contributed by atoms with Crippen molar-refractivity contribution in [2.24, 2.45) is 5.92 Å². The molecule has 0 bridgehead atoms. The largest absolute Gasteiger partial charge is 0.449 e. The molecule has 0 aromatic heterocycles. The van der Waals surface area contributed by atoms with Crippen molar-refractivity contribution in [3.05, 3.63) is 35.6 Å². The lowest BCUT2D eigenvalue weighted by Crippen LogP contribution is -3.18. The van der Waals surface area contributed by atoms with Crippen molar-refractivity contribution in [1.29, 1.82) is 0 Å². The molecule has 1 aromatic carbocycles. The maximum Gasteiger partial charge on any atom is 0.414 e. The van der Waals surface area contributed by atoms with Gasteiger partial charge >= 0.3 is 6.09 Å². The molecule has 2 aliphatic rings. The molecule has 130 valence electrons. The van der Waals surface area contributed by atoms with E-state index in [2.05, 4.69) is 5.32 Å². The first kappa shape index (κ1) is 16.9. The Bertz CT molecular complexity index is 606. The van der Waals surface area contributed by atoms with Crippen LogP contribution in [0.3, 0.4) is 0 Å². The third-order valence-corrected chi connectivity index (χ3v) is 5.16. The van der Waals surface area contributed by atoms with Crippen LogP contribution in [-0.2, 0) is 4.74 Å². The van der Waals surface area contributed by atoms with Crippen LogP contribution in [0.4, 0.5) is 9.18 Å². The molecule has 2 heterocycles. The minimum atomic E-state index is -0.757. The fourth-order valence-electron chi connectivity index (χ4n) is 3.99. The number of carbonyl (C=O) groups excluding carboxylic acids is 2. The number of hydrogen-bond donors (Lipinski definition) is 2. The number of quaternary nitrogens is 1.